The maximum atomic E-state index is 12.2. The number of hydrogen-bond donors (Lipinski definition) is 1. The van der Waals surface area contributed by atoms with Crippen molar-refractivity contribution < 1.29 is 14.1 Å². The van der Waals surface area contributed by atoms with Gasteiger partial charge in [-0.15, -0.1) is 0 Å². The Morgan fingerprint density at radius 1 is 1.14 bits per heavy atom. The molecule has 0 aliphatic carbocycles. The van der Waals surface area contributed by atoms with Crippen molar-refractivity contribution >= 4 is 16.8 Å². The van der Waals surface area contributed by atoms with E-state index in [0.29, 0.717) is 16.2 Å². The fraction of sp³-hybridized carbons (Fsp3) is 0.235. The second-order valence-corrected chi connectivity index (χ2v) is 6.49. The fourth-order valence-electron chi connectivity index (χ4n) is 2.14. The summed E-state index contributed by atoms with van der Waals surface area (Å²) in [6, 6.07) is 15.1. The summed E-state index contributed by atoms with van der Waals surface area (Å²) in [5.74, 6) is -0.438. The predicted octanol–water partition coefficient (Wildman–Crippen LogP) is 3.43. The number of aryl methyl sites for hydroxylation is 2. The monoisotopic (exact) mass is 302 g/mol. The van der Waals surface area contributed by atoms with Crippen LogP contribution in [0.25, 0.3) is 0 Å². The van der Waals surface area contributed by atoms with Crippen LogP contribution in [0.15, 0.2) is 53.4 Å². The Morgan fingerprint density at radius 3 is 2.52 bits per heavy atom. The molecule has 21 heavy (non-hydrogen) atoms. The zero-order chi connectivity index (χ0) is 15.2. The molecule has 2 rings (SSSR count). The molecule has 0 aromatic heterocycles. The van der Waals surface area contributed by atoms with Gasteiger partial charge in [0.1, 0.15) is 0 Å². The summed E-state index contributed by atoms with van der Waals surface area (Å²) in [5.41, 5.74) is 2.14. The van der Waals surface area contributed by atoms with Crippen LogP contribution in [0, 0.1) is 6.92 Å². The van der Waals surface area contributed by atoms with Crippen LogP contribution >= 0.6 is 0 Å². The Bertz CT molecular complexity index is 650. The molecule has 0 bridgehead atoms. The first-order chi connectivity index (χ1) is 10.1. The van der Waals surface area contributed by atoms with Crippen molar-refractivity contribution in [1.82, 2.24) is 0 Å². The summed E-state index contributed by atoms with van der Waals surface area (Å²) in [6.45, 7) is 1.74. The van der Waals surface area contributed by atoms with Gasteiger partial charge in [0.2, 0.25) is 0 Å². The summed E-state index contributed by atoms with van der Waals surface area (Å²) >= 11 is 0. The molecule has 0 saturated carbocycles. The van der Waals surface area contributed by atoms with Gasteiger partial charge < -0.3 is 5.11 Å². The lowest BCUT2D eigenvalue weighted by atomic mass is 10.1. The molecule has 1 atom stereocenters. The van der Waals surface area contributed by atoms with Gasteiger partial charge in [0, 0.05) is 10.6 Å². The number of hydrogen-bond acceptors (Lipinski definition) is 2. The molecule has 1 unspecified atom stereocenters. The second kappa shape index (κ2) is 7.18. The topological polar surface area (TPSA) is 54.4 Å². The highest BCUT2D eigenvalue weighted by atomic mass is 32.2. The lowest BCUT2D eigenvalue weighted by Crippen LogP contribution is -2.04. The Kier molecular flexibility index (Phi) is 5.28. The summed E-state index contributed by atoms with van der Waals surface area (Å²) in [5, 5.41) is 9.10. The van der Waals surface area contributed by atoms with Crippen LogP contribution in [0.2, 0.25) is 0 Å². The Balaban J connectivity index is 1.97. The van der Waals surface area contributed by atoms with Gasteiger partial charge in [0.15, 0.2) is 0 Å². The minimum atomic E-state index is -1.16. The van der Waals surface area contributed by atoms with E-state index in [4.69, 9.17) is 5.11 Å². The van der Waals surface area contributed by atoms with E-state index in [2.05, 4.69) is 12.1 Å². The van der Waals surface area contributed by atoms with Gasteiger partial charge in [-0.05, 0) is 43.0 Å². The molecule has 0 spiro atoms. The third kappa shape index (κ3) is 4.26. The molecule has 3 nitrogen and oxygen atoms in total. The molecule has 0 saturated heterocycles. The highest BCUT2D eigenvalue weighted by molar-refractivity contribution is 7.85. The summed E-state index contributed by atoms with van der Waals surface area (Å²) < 4.78 is 12.2. The van der Waals surface area contributed by atoms with Crippen LogP contribution in [-0.4, -0.2) is 21.0 Å². The standard InChI is InChI=1S/C17H18O3S/c1-13-9-10-15(12-16(13)17(18)19)21(20)11-5-8-14-6-3-2-4-7-14/h2-4,6-7,9-10,12H,5,8,11H2,1H3,(H,18,19). The molecule has 0 heterocycles. The highest BCUT2D eigenvalue weighted by Gasteiger charge is 2.11. The highest BCUT2D eigenvalue weighted by Crippen LogP contribution is 2.15. The van der Waals surface area contributed by atoms with E-state index in [-0.39, 0.29) is 5.56 Å². The first-order valence-electron chi connectivity index (χ1n) is 6.84. The first-order valence-corrected chi connectivity index (χ1v) is 8.16. The van der Waals surface area contributed by atoms with Crippen molar-refractivity contribution in [2.45, 2.75) is 24.7 Å². The molecule has 0 aliphatic rings. The number of benzene rings is 2. The molecular formula is C17H18O3S. The molecule has 110 valence electrons. The molecule has 2 aromatic carbocycles. The third-order valence-corrected chi connectivity index (χ3v) is 4.78. The maximum Gasteiger partial charge on any atom is 0.335 e. The van der Waals surface area contributed by atoms with Crippen molar-refractivity contribution in [2.24, 2.45) is 0 Å². The maximum absolute atomic E-state index is 12.2. The second-order valence-electron chi connectivity index (χ2n) is 4.92. The lowest BCUT2D eigenvalue weighted by molar-refractivity contribution is 0.0696. The van der Waals surface area contributed by atoms with Gasteiger partial charge in [-0.3, -0.25) is 4.21 Å². The zero-order valence-electron chi connectivity index (χ0n) is 11.9. The minimum Gasteiger partial charge on any atom is -0.478 e. The number of carbonyl (C=O) groups is 1. The van der Waals surface area contributed by atoms with Crippen LogP contribution in [0.5, 0.6) is 0 Å². The molecule has 0 fully saturated rings. The van der Waals surface area contributed by atoms with E-state index < -0.39 is 16.8 Å². The van der Waals surface area contributed by atoms with E-state index in [1.165, 1.54) is 11.6 Å². The molecule has 1 N–H and O–H groups in total. The molecule has 2 aromatic rings. The van der Waals surface area contributed by atoms with Crippen LogP contribution < -0.4 is 0 Å². The van der Waals surface area contributed by atoms with Crippen molar-refractivity contribution in [3.05, 3.63) is 65.2 Å². The van der Waals surface area contributed by atoms with Crippen LogP contribution in [0.1, 0.15) is 27.9 Å². The van der Waals surface area contributed by atoms with Crippen molar-refractivity contribution in [1.29, 1.82) is 0 Å². The van der Waals surface area contributed by atoms with Crippen molar-refractivity contribution in [3.63, 3.8) is 0 Å². The van der Waals surface area contributed by atoms with Crippen LogP contribution in [-0.2, 0) is 17.2 Å². The number of carboxylic acids is 1. The van der Waals surface area contributed by atoms with Gasteiger partial charge in [0.05, 0.1) is 16.4 Å². The lowest BCUT2D eigenvalue weighted by Gasteiger charge is -2.06. The average Bonchev–Trinajstić information content (AvgIpc) is 2.48. The van der Waals surface area contributed by atoms with Gasteiger partial charge in [-0.25, -0.2) is 4.79 Å². The summed E-state index contributed by atoms with van der Waals surface area (Å²) in [4.78, 5) is 11.7. The SMILES string of the molecule is Cc1ccc(S(=O)CCCc2ccccc2)cc1C(=O)O. The van der Waals surface area contributed by atoms with E-state index in [1.54, 1.807) is 19.1 Å². The fourth-order valence-corrected chi connectivity index (χ4v) is 3.25. The number of aromatic carboxylic acids is 1. The number of carboxylic acid groups (broad SMARTS) is 1. The van der Waals surface area contributed by atoms with E-state index >= 15 is 0 Å². The van der Waals surface area contributed by atoms with Crippen LogP contribution in [0.3, 0.4) is 0 Å². The smallest absolute Gasteiger partial charge is 0.335 e. The zero-order valence-corrected chi connectivity index (χ0v) is 12.7. The normalized spacial score (nSPS) is 12.0. The molecule has 4 heteroatoms. The van der Waals surface area contributed by atoms with Gasteiger partial charge >= 0.3 is 5.97 Å². The van der Waals surface area contributed by atoms with E-state index in [9.17, 15) is 9.00 Å². The Hall–Kier alpha value is -1.94. The van der Waals surface area contributed by atoms with Gasteiger partial charge in [0.25, 0.3) is 0 Å². The quantitative estimate of drug-likeness (QED) is 0.889. The number of rotatable bonds is 6. The Morgan fingerprint density at radius 2 is 1.86 bits per heavy atom. The van der Waals surface area contributed by atoms with Gasteiger partial charge in [-0.1, -0.05) is 36.4 Å². The molecule has 0 aliphatic heterocycles. The predicted molar refractivity (Wildman–Crippen MR) is 84.2 cm³/mol. The van der Waals surface area contributed by atoms with Gasteiger partial charge in [-0.2, -0.15) is 0 Å². The molecular weight excluding hydrogens is 284 g/mol. The van der Waals surface area contributed by atoms with E-state index in [0.717, 1.165) is 12.8 Å². The summed E-state index contributed by atoms with van der Waals surface area (Å²) in [6.07, 6.45) is 1.69. The largest absolute Gasteiger partial charge is 0.478 e. The minimum absolute atomic E-state index is 0.226. The Labute approximate surface area is 127 Å². The summed E-state index contributed by atoms with van der Waals surface area (Å²) in [7, 11) is -1.16. The first kappa shape index (κ1) is 15.4. The average molecular weight is 302 g/mol. The van der Waals surface area contributed by atoms with Crippen molar-refractivity contribution in [2.75, 3.05) is 5.75 Å². The van der Waals surface area contributed by atoms with E-state index in [1.807, 2.05) is 18.2 Å². The third-order valence-electron chi connectivity index (χ3n) is 3.34. The molecule has 0 radical (unpaired) electrons. The molecule has 0 amide bonds. The van der Waals surface area contributed by atoms with Crippen molar-refractivity contribution in [3.8, 4) is 0 Å². The van der Waals surface area contributed by atoms with Crippen LogP contribution in [0.4, 0.5) is 0 Å².